The Balaban J connectivity index is 1.62. The van der Waals surface area contributed by atoms with Crippen LogP contribution < -0.4 is 5.32 Å². The van der Waals surface area contributed by atoms with Crippen LogP contribution in [0.1, 0.15) is 57.8 Å². The van der Waals surface area contributed by atoms with Gasteiger partial charge in [-0.2, -0.15) is 0 Å². The highest BCUT2D eigenvalue weighted by molar-refractivity contribution is 4.79. The SMILES string of the molecule is OC1CCCCCC1NCCC1CCC1. The Morgan fingerprint density at radius 2 is 1.73 bits per heavy atom. The summed E-state index contributed by atoms with van der Waals surface area (Å²) in [7, 11) is 0. The lowest BCUT2D eigenvalue weighted by molar-refractivity contribution is 0.118. The van der Waals surface area contributed by atoms with Gasteiger partial charge < -0.3 is 10.4 Å². The molecule has 2 N–H and O–H groups in total. The standard InChI is InChI=1S/C13H25NO/c15-13-8-3-1-2-7-12(13)14-10-9-11-5-4-6-11/h11-15H,1-10H2. The normalized spacial score (nSPS) is 33.4. The van der Waals surface area contributed by atoms with Crippen molar-refractivity contribution >= 4 is 0 Å². The van der Waals surface area contributed by atoms with Crippen molar-refractivity contribution in [3.05, 3.63) is 0 Å². The molecule has 2 atom stereocenters. The van der Waals surface area contributed by atoms with Gasteiger partial charge in [-0.05, 0) is 31.7 Å². The first kappa shape index (κ1) is 11.4. The van der Waals surface area contributed by atoms with Gasteiger partial charge >= 0.3 is 0 Å². The predicted molar refractivity (Wildman–Crippen MR) is 62.8 cm³/mol. The molecule has 0 amide bonds. The number of aliphatic hydroxyl groups excluding tert-OH is 1. The molecule has 2 nitrogen and oxygen atoms in total. The van der Waals surface area contributed by atoms with E-state index in [-0.39, 0.29) is 6.10 Å². The number of hydrogen-bond acceptors (Lipinski definition) is 2. The van der Waals surface area contributed by atoms with Crippen molar-refractivity contribution in [2.24, 2.45) is 5.92 Å². The molecular formula is C13H25NO. The summed E-state index contributed by atoms with van der Waals surface area (Å²) in [6, 6.07) is 0.382. The van der Waals surface area contributed by atoms with E-state index in [0.29, 0.717) is 6.04 Å². The molecule has 88 valence electrons. The van der Waals surface area contributed by atoms with Gasteiger partial charge in [0.25, 0.3) is 0 Å². The molecule has 0 heterocycles. The molecule has 2 saturated carbocycles. The molecule has 0 radical (unpaired) electrons. The molecule has 0 aromatic carbocycles. The molecule has 15 heavy (non-hydrogen) atoms. The van der Waals surface area contributed by atoms with Crippen LogP contribution in [0.15, 0.2) is 0 Å². The van der Waals surface area contributed by atoms with Gasteiger partial charge in [0, 0.05) is 6.04 Å². The van der Waals surface area contributed by atoms with E-state index in [2.05, 4.69) is 5.32 Å². The van der Waals surface area contributed by atoms with Crippen molar-refractivity contribution < 1.29 is 5.11 Å². The van der Waals surface area contributed by atoms with Crippen LogP contribution in [0.2, 0.25) is 0 Å². The zero-order valence-corrected chi connectivity index (χ0v) is 9.75. The van der Waals surface area contributed by atoms with Crippen molar-refractivity contribution in [1.82, 2.24) is 5.32 Å². The lowest BCUT2D eigenvalue weighted by Gasteiger charge is -2.27. The van der Waals surface area contributed by atoms with E-state index in [1.165, 1.54) is 51.4 Å². The third kappa shape index (κ3) is 3.46. The van der Waals surface area contributed by atoms with Gasteiger partial charge in [0.1, 0.15) is 0 Å². The largest absolute Gasteiger partial charge is 0.392 e. The fraction of sp³-hybridized carbons (Fsp3) is 1.00. The van der Waals surface area contributed by atoms with Crippen molar-refractivity contribution in [3.63, 3.8) is 0 Å². The Hall–Kier alpha value is -0.0800. The molecule has 2 unspecified atom stereocenters. The molecule has 0 bridgehead atoms. The second-order valence-electron chi connectivity index (χ2n) is 5.35. The van der Waals surface area contributed by atoms with Crippen molar-refractivity contribution in [2.45, 2.75) is 69.9 Å². The minimum absolute atomic E-state index is 0.0890. The molecule has 0 saturated heterocycles. The summed E-state index contributed by atoms with van der Waals surface area (Å²) in [4.78, 5) is 0. The van der Waals surface area contributed by atoms with E-state index in [1.807, 2.05) is 0 Å². The van der Waals surface area contributed by atoms with Crippen LogP contribution in [-0.4, -0.2) is 23.8 Å². The molecule has 2 fully saturated rings. The van der Waals surface area contributed by atoms with Crippen LogP contribution in [0.25, 0.3) is 0 Å². The molecule has 2 aliphatic rings. The second kappa shape index (κ2) is 5.86. The maximum atomic E-state index is 9.92. The van der Waals surface area contributed by atoms with Gasteiger partial charge in [0.05, 0.1) is 6.10 Å². The van der Waals surface area contributed by atoms with Crippen LogP contribution in [-0.2, 0) is 0 Å². The molecule has 0 aromatic rings. The fourth-order valence-electron chi connectivity index (χ4n) is 2.78. The maximum Gasteiger partial charge on any atom is 0.0693 e. The summed E-state index contributed by atoms with van der Waals surface area (Å²) in [5.74, 6) is 0.987. The monoisotopic (exact) mass is 211 g/mol. The van der Waals surface area contributed by atoms with E-state index >= 15 is 0 Å². The average Bonchev–Trinajstić information content (AvgIpc) is 2.36. The number of nitrogens with one attached hydrogen (secondary N) is 1. The van der Waals surface area contributed by atoms with Crippen LogP contribution in [0, 0.1) is 5.92 Å². The molecule has 0 spiro atoms. The Kier molecular flexibility index (Phi) is 4.45. The smallest absolute Gasteiger partial charge is 0.0693 e. The highest BCUT2D eigenvalue weighted by Gasteiger charge is 2.22. The minimum Gasteiger partial charge on any atom is -0.392 e. The Bertz CT molecular complexity index is 179. The highest BCUT2D eigenvalue weighted by Crippen LogP contribution is 2.29. The van der Waals surface area contributed by atoms with Crippen LogP contribution in [0.4, 0.5) is 0 Å². The van der Waals surface area contributed by atoms with Crippen molar-refractivity contribution in [3.8, 4) is 0 Å². The lowest BCUT2D eigenvalue weighted by atomic mass is 9.83. The first-order valence-electron chi connectivity index (χ1n) is 6.78. The van der Waals surface area contributed by atoms with Gasteiger partial charge in [0.15, 0.2) is 0 Å². The molecule has 2 rings (SSSR count). The van der Waals surface area contributed by atoms with Crippen LogP contribution >= 0.6 is 0 Å². The van der Waals surface area contributed by atoms with Crippen molar-refractivity contribution in [1.29, 1.82) is 0 Å². The topological polar surface area (TPSA) is 32.3 Å². The Labute approximate surface area is 93.5 Å². The van der Waals surface area contributed by atoms with Crippen LogP contribution in [0.5, 0.6) is 0 Å². The minimum atomic E-state index is -0.0890. The van der Waals surface area contributed by atoms with Crippen molar-refractivity contribution in [2.75, 3.05) is 6.54 Å². The number of hydrogen-bond donors (Lipinski definition) is 2. The maximum absolute atomic E-state index is 9.92. The predicted octanol–water partition coefficient (Wildman–Crippen LogP) is 2.46. The lowest BCUT2D eigenvalue weighted by Crippen LogP contribution is -2.40. The third-order valence-corrected chi connectivity index (χ3v) is 4.16. The van der Waals surface area contributed by atoms with E-state index in [0.717, 1.165) is 18.9 Å². The molecule has 2 aliphatic carbocycles. The van der Waals surface area contributed by atoms with E-state index in [9.17, 15) is 5.11 Å². The molecule has 0 aromatic heterocycles. The third-order valence-electron chi connectivity index (χ3n) is 4.16. The van der Waals surface area contributed by atoms with Gasteiger partial charge in [0.2, 0.25) is 0 Å². The first-order chi connectivity index (χ1) is 7.36. The van der Waals surface area contributed by atoms with E-state index in [4.69, 9.17) is 0 Å². The number of rotatable bonds is 4. The first-order valence-corrected chi connectivity index (χ1v) is 6.78. The number of aliphatic hydroxyl groups is 1. The Morgan fingerprint density at radius 3 is 2.47 bits per heavy atom. The van der Waals surface area contributed by atoms with Gasteiger partial charge in [-0.15, -0.1) is 0 Å². The zero-order valence-electron chi connectivity index (χ0n) is 9.75. The highest BCUT2D eigenvalue weighted by atomic mass is 16.3. The Morgan fingerprint density at radius 1 is 0.933 bits per heavy atom. The molecule has 2 heteroatoms. The molecular weight excluding hydrogens is 186 g/mol. The summed E-state index contributed by atoms with van der Waals surface area (Å²) in [6.07, 6.45) is 11.5. The zero-order chi connectivity index (χ0) is 10.5. The molecule has 0 aliphatic heterocycles. The summed E-state index contributed by atoms with van der Waals surface area (Å²) in [5, 5.41) is 13.5. The van der Waals surface area contributed by atoms with Gasteiger partial charge in [-0.3, -0.25) is 0 Å². The van der Waals surface area contributed by atoms with E-state index < -0.39 is 0 Å². The quantitative estimate of drug-likeness (QED) is 0.700. The summed E-state index contributed by atoms with van der Waals surface area (Å²) in [6.45, 7) is 1.12. The second-order valence-corrected chi connectivity index (χ2v) is 5.35. The van der Waals surface area contributed by atoms with Gasteiger partial charge in [-0.25, -0.2) is 0 Å². The summed E-state index contributed by atoms with van der Waals surface area (Å²) < 4.78 is 0. The fourth-order valence-corrected chi connectivity index (χ4v) is 2.78. The van der Waals surface area contributed by atoms with Crippen LogP contribution in [0.3, 0.4) is 0 Å². The summed E-state index contributed by atoms with van der Waals surface area (Å²) in [5.41, 5.74) is 0. The van der Waals surface area contributed by atoms with Gasteiger partial charge in [-0.1, -0.05) is 38.5 Å². The average molecular weight is 211 g/mol. The van der Waals surface area contributed by atoms with E-state index in [1.54, 1.807) is 0 Å². The summed E-state index contributed by atoms with van der Waals surface area (Å²) >= 11 is 0.